The van der Waals surface area contributed by atoms with E-state index in [9.17, 15) is 13.6 Å². The molecular formula is C33H32F2N2O4. The molecule has 2 aliphatic rings. The summed E-state index contributed by atoms with van der Waals surface area (Å²) in [5.41, 5.74) is 7.03. The van der Waals surface area contributed by atoms with Crippen molar-refractivity contribution in [1.29, 1.82) is 0 Å². The third-order valence-electron chi connectivity index (χ3n) is 7.39. The topological polar surface area (TPSA) is 72.9 Å². The van der Waals surface area contributed by atoms with Crippen molar-refractivity contribution in [2.75, 3.05) is 14.2 Å². The van der Waals surface area contributed by atoms with Gasteiger partial charge in [0.1, 0.15) is 0 Å². The quantitative estimate of drug-likeness (QED) is 0.204. The van der Waals surface area contributed by atoms with Gasteiger partial charge in [0.2, 0.25) is 0 Å². The van der Waals surface area contributed by atoms with E-state index >= 15 is 0 Å². The fourth-order valence-corrected chi connectivity index (χ4v) is 5.44. The summed E-state index contributed by atoms with van der Waals surface area (Å²) in [6.45, 7) is 3.71. The second kappa shape index (κ2) is 12.0. The number of carbonyl (C=O) groups excluding carboxylic acids is 1. The minimum atomic E-state index is -0.529. The highest BCUT2D eigenvalue weighted by Crippen LogP contribution is 2.38. The molecule has 1 aliphatic heterocycles. The molecule has 4 aromatic rings. The number of ether oxygens (including phenoxy) is 3. The van der Waals surface area contributed by atoms with Crippen LogP contribution in [0.4, 0.5) is 8.78 Å². The third kappa shape index (κ3) is 6.16. The zero-order chi connectivity index (χ0) is 29.1. The smallest absolute Gasteiger partial charge is 0.363 e. The predicted molar refractivity (Wildman–Crippen MR) is 156 cm³/mol. The van der Waals surface area contributed by atoms with Gasteiger partial charge in [-0.05, 0) is 91.8 Å². The van der Waals surface area contributed by atoms with Gasteiger partial charge < -0.3 is 19.2 Å². The van der Waals surface area contributed by atoms with Crippen molar-refractivity contribution < 1.29 is 27.8 Å². The van der Waals surface area contributed by atoms with E-state index in [-0.39, 0.29) is 23.2 Å². The number of nitrogens with one attached hydrogen (secondary N) is 1. The Kier molecular flexibility index (Phi) is 8.19. The van der Waals surface area contributed by atoms with Crippen LogP contribution in [0, 0.1) is 18.6 Å². The number of esters is 1. The molecular weight excluding hydrogens is 526 g/mol. The minimum Gasteiger partial charge on any atom is -0.494 e. The van der Waals surface area contributed by atoms with Gasteiger partial charge in [-0.15, -0.1) is 0 Å². The second-order valence-corrected chi connectivity index (χ2v) is 10.3. The lowest BCUT2D eigenvalue weighted by Crippen LogP contribution is -2.11. The highest BCUT2D eigenvalue weighted by atomic mass is 19.1. The van der Waals surface area contributed by atoms with Crippen LogP contribution in [0.3, 0.4) is 0 Å². The van der Waals surface area contributed by atoms with Crippen LogP contribution in [0.2, 0.25) is 0 Å². The summed E-state index contributed by atoms with van der Waals surface area (Å²) >= 11 is 0. The highest BCUT2D eigenvalue weighted by molar-refractivity contribution is 6.06. The summed E-state index contributed by atoms with van der Waals surface area (Å²) < 4.78 is 41.9. The summed E-state index contributed by atoms with van der Waals surface area (Å²) in [5.74, 6) is -0.125. The number of H-pyrrole nitrogens is 1. The summed E-state index contributed by atoms with van der Waals surface area (Å²) in [6.07, 6.45) is 5.79. The van der Waals surface area contributed by atoms with Crippen molar-refractivity contribution >= 4 is 28.8 Å². The Morgan fingerprint density at radius 2 is 1.73 bits per heavy atom. The Hall–Kier alpha value is -4.46. The SMILES string of the molecule is COc1ccc(/C=C2\N=C(C)OC2=O)cc1F.COc1ccc(CC2CCCc3c2[nH]c2ccc(C)cc32)cc1F. The van der Waals surface area contributed by atoms with Gasteiger partial charge in [0.15, 0.2) is 34.7 Å². The molecule has 212 valence electrons. The summed E-state index contributed by atoms with van der Waals surface area (Å²) in [4.78, 5) is 18.8. The molecule has 0 amide bonds. The zero-order valence-corrected chi connectivity index (χ0v) is 23.5. The highest BCUT2D eigenvalue weighted by Gasteiger charge is 2.25. The lowest BCUT2D eigenvalue weighted by molar-refractivity contribution is -0.130. The Balaban J connectivity index is 0.000000175. The molecule has 1 aliphatic carbocycles. The molecule has 0 bridgehead atoms. The average Bonchev–Trinajstić information content (AvgIpc) is 3.48. The van der Waals surface area contributed by atoms with Gasteiger partial charge in [-0.2, -0.15) is 0 Å². The first-order chi connectivity index (χ1) is 19.7. The molecule has 1 N–H and O–H groups in total. The standard InChI is InChI=1S/C21H22FNO.C12H10FNO3/c1-13-6-8-19-17(10-13)16-5-3-4-15(21(16)23-19)11-14-7-9-20(24-2)18(22)12-14;1-7-14-10(12(15)17-7)6-8-3-4-11(16-2)9(13)5-8/h6-10,12,15,23H,3-5,11H2,1-2H3;3-6H,1-2H3/b;10-6-. The largest absolute Gasteiger partial charge is 0.494 e. The van der Waals surface area contributed by atoms with Gasteiger partial charge in [0.05, 0.1) is 14.2 Å². The molecule has 1 atom stereocenters. The van der Waals surface area contributed by atoms with E-state index in [0.29, 0.717) is 17.2 Å². The number of benzene rings is 3. The van der Waals surface area contributed by atoms with Crippen LogP contribution in [-0.2, 0) is 22.4 Å². The van der Waals surface area contributed by atoms with Gasteiger partial charge >= 0.3 is 5.97 Å². The molecule has 0 saturated heterocycles. The van der Waals surface area contributed by atoms with Gasteiger partial charge in [-0.1, -0.05) is 23.8 Å². The van der Waals surface area contributed by atoms with E-state index in [1.54, 1.807) is 25.1 Å². The number of aromatic nitrogens is 1. The van der Waals surface area contributed by atoms with Crippen LogP contribution >= 0.6 is 0 Å². The first-order valence-electron chi connectivity index (χ1n) is 13.5. The van der Waals surface area contributed by atoms with Gasteiger partial charge in [0.25, 0.3) is 0 Å². The van der Waals surface area contributed by atoms with Crippen molar-refractivity contribution in [3.8, 4) is 11.5 Å². The van der Waals surface area contributed by atoms with Crippen molar-refractivity contribution in [3.05, 3.63) is 99.9 Å². The second-order valence-electron chi connectivity index (χ2n) is 10.3. The maximum Gasteiger partial charge on any atom is 0.363 e. The van der Waals surface area contributed by atoms with E-state index < -0.39 is 11.8 Å². The van der Waals surface area contributed by atoms with E-state index in [1.807, 2.05) is 6.07 Å². The van der Waals surface area contributed by atoms with Crippen molar-refractivity contribution in [1.82, 2.24) is 4.98 Å². The maximum absolute atomic E-state index is 14.0. The van der Waals surface area contributed by atoms with E-state index in [4.69, 9.17) is 14.2 Å². The molecule has 1 aromatic heterocycles. The number of methoxy groups -OCH3 is 2. The first-order valence-corrected chi connectivity index (χ1v) is 13.5. The number of nitrogens with zero attached hydrogens (tertiary/aromatic N) is 1. The molecule has 8 heteroatoms. The Morgan fingerprint density at radius 1 is 1.00 bits per heavy atom. The Morgan fingerprint density at radius 3 is 2.39 bits per heavy atom. The van der Waals surface area contributed by atoms with Gasteiger partial charge in [-0.3, -0.25) is 0 Å². The fraction of sp³-hybridized carbons (Fsp3) is 0.273. The Labute approximate surface area is 237 Å². The molecule has 6 nitrogen and oxygen atoms in total. The molecule has 0 fully saturated rings. The molecule has 6 rings (SSSR count). The van der Waals surface area contributed by atoms with Crippen molar-refractivity contribution in [2.24, 2.45) is 4.99 Å². The molecule has 1 unspecified atom stereocenters. The Bertz CT molecular complexity index is 1670. The normalized spacial score (nSPS) is 17.0. The van der Waals surface area contributed by atoms with Crippen molar-refractivity contribution in [3.63, 3.8) is 0 Å². The number of hydrogen-bond acceptors (Lipinski definition) is 5. The number of carbonyl (C=O) groups is 1. The van der Waals surface area contributed by atoms with Crippen LogP contribution in [0.25, 0.3) is 17.0 Å². The number of hydrogen-bond donors (Lipinski definition) is 1. The van der Waals surface area contributed by atoms with Crippen LogP contribution < -0.4 is 9.47 Å². The first kappa shape index (κ1) is 28.1. The average molecular weight is 559 g/mol. The van der Waals surface area contributed by atoms with Crippen LogP contribution in [-0.4, -0.2) is 31.1 Å². The van der Waals surface area contributed by atoms with E-state index in [1.165, 1.54) is 66.6 Å². The number of aliphatic imine (C=N–C) groups is 1. The summed E-state index contributed by atoms with van der Waals surface area (Å²) in [7, 11) is 2.89. The van der Waals surface area contributed by atoms with Gasteiger partial charge in [0, 0.05) is 29.4 Å². The van der Waals surface area contributed by atoms with E-state index in [2.05, 4.69) is 35.1 Å². The third-order valence-corrected chi connectivity index (χ3v) is 7.39. The number of halogens is 2. The number of fused-ring (bicyclic) bond motifs is 3. The lowest BCUT2D eigenvalue weighted by atomic mass is 9.83. The summed E-state index contributed by atoms with van der Waals surface area (Å²) in [6, 6.07) is 16.3. The van der Waals surface area contributed by atoms with Crippen LogP contribution in [0.5, 0.6) is 11.5 Å². The number of aromatic amines is 1. The number of rotatable bonds is 5. The maximum atomic E-state index is 14.0. The number of aryl methyl sites for hydroxylation is 2. The molecule has 3 aromatic carbocycles. The molecule has 0 radical (unpaired) electrons. The van der Waals surface area contributed by atoms with Gasteiger partial charge in [-0.25, -0.2) is 18.6 Å². The van der Waals surface area contributed by atoms with Crippen LogP contribution in [0.15, 0.2) is 65.3 Å². The molecule has 41 heavy (non-hydrogen) atoms. The molecule has 0 spiro atoms. The molecule has 0 saturated carbocycles. The predicted octanol–water partition coefficient (Wildman–Crippen LogP) is 7.44. The lowest BCUT2D eigenvalue weighted by Gasteiger charge is -2.23. The summed E-state index contributed by atoms with van der Waals surface area (Å²) in [5, 5.41) is 1.36. The van der Waals surface area contributed by atoms with E-state index in [0.717, 1.165) is 24.8 Å². The monoisotopic (exact) mass is 558 g/mol. The van der Waals surface area contributed by atoms with Crippen LogP contribution in [0.1, 0.15) is 53.6 Å². The van der Waals surface area contributed by atoms with Crippen molar-refractivity contribution in [2.45, 2.75) is 45.4 Å². The zero-order valence-electron chi connectivity index (χ0n) is 23.5. The fourth-order valence-electron chi connectivity index (χ4n) is 5.44. The molecule has 2 heterocycles. The number of cyclic esters (lactones) is 1. The minimum absolute atomic E-state index is 0.154.